The molecule has 2 heterocycles. The Morgan fingerprint density at radius 1 is 0.860 bits per heavy atom. The van der Waals surface area contributed by atoms with Crippen LogP contribution in [0.25, 0.3) is 0 Å². The Morgan fingerprint density at radius 2 is 1.54 bits per heavy atom. The van der Waals surface area contributed by atoms with E-state index in [-0.39, 0.29) is 31.4 Å². The number of benzene rings is 2. The lowest BCUT2D eigenvalue weighted by atomic mass is 9.66. The van der Waals surface area contributed by atoms with Crippen LogP contribution in [0.1, 0.15) is 119 Å². The zero-order valence-corrected chi connectivity index (χ0v) is 30.1. The predicted octanol–water partition coefficient (Wildman–Crippen LogP) is 7.97. The maximum atomic E-state index is 13.4. The molecule has 1 fully saturated rings. The Kier molecular flexibility index (Phi) is 13.7. The molecule has 5 rings (SSSR count). The maximum absolute atomic E-state index is 13.4. The molecule has 1 unspecified atom stereocenters. The number of rotatable bonds is 20. The van der Waals surface area contributed by atoms with Crippen molar-refractivity contribution < 1.29 is 47.9 Å². The van der Waals surface area contributed by atoms with Crippen molar-refractivity contribution in [2.75, 3.05) is 34.7 Å². The molecule has 2 aromatic rings. The minimum absolute atomic E-state index is 0.0883. The Morgan fingerprint density at radius 3 is 2.24 bits per heavy atom. The second kappa shape index (κ2) is 18.4. The second-order valence-electron chi connectivity index (χ2n) is 13.5. The zero-order valence-electron chi connectivity index (χ0n) is 30.1. The summed E-state index contributed by atoms with van der Waals surface area (Å²) in [5.74, 6) is 0.470. The van der Waals surface area contributed by atoms with Gasteiger partial charge in [-0.1, -0.05) is 64.0 Å². The summed E-state index contributed by atoms with van der Waals surface area (Å²) < 4.78 is 40.2. The largest absolute Gasteiger partial charge is 0.493 e. The molecule has 10 heteroatoms. The topological polar surface area (TPSA) is 119 Å². The smallest absolute Gasteiger partial charge is 0.310 e. The van der Waals surface area contributed by atoms with Crippen molar-refractivity contribution in [3.63, 3.8) is 0 Å². The van der Waals surface area contributed by atoms with Gasteiger partial charge in [0.05, 0.1) is 40.0 Å². The van der Waals surface area contributed by atoms with Crippen LogP contribution >= 0.6 is 0 Å². The number of hydrogen-bond donors (Lipinski definition) is 1. The molecule has 2 aliphatic heterocycles. The van der Waals surface area contributed by atoms with E-state index in [0.717, 1.165) is 74.5 Å². The minimum Gasteiger partial charge on any atom is -0.493 e. The molecule has 0 bridgehead atoms. The van der Waals surface area contributed by atoms with Crippen LogP contribution in [0.4, 0.5) is 0 Å². The van der Waals surface area contributed by atoms with E-state index in [1.54, 1.807) is 21.3 Å². The standard InChI is InChI=1S/C40H54O10/c1-5-6-7-14-17-27(41)18-15-12-10-8-9-11-13-16-19-35(42)50-38-29-23-32-31(48-25-49-32)22-28(29)36(37-30(38)24-47-40(37)43)26-20-33(44-2)39(46-4)34(21-26)45-3/h12,15,20-23,27,30,36-38,41H,5-11,13-14,16-19,24-25H2,1-4H3/b15-12-/t27?,30-,36+,37-,38-/m0/s1. The van der Waals surface area contributed by atoms with Crippen LogP contribution in [0.2, 0.25) is 0 Å². The van der Waals surface area contributed by atoms with Crippen molar-refractivity contribution in [1.82, 2.24) is 0 Å². The summed E-state index contributed by atoms with van der Waals surface area (Å²) in [4.78, 5) is 26.7. The van der Waals surface area contributed by atoms with Gasteiger partial charge >= 0.3 is 11.9 Å². The fourth-order valence-corrected chi connectivity index (χ4v) is 7.50. The van der Waals surface area contributed by atoms with Gasteiger partial charge in [-0.2, -0.15) is 0 Å². The van der Waals surface area contributed by atoms with Crippen LogP contribution in [0, 0.1) is 11.8 Å². The second-order valence-corrected chi connectivity index (χ2v) is 13.5. The molecular formula is C40H54O10. The lowest BCUT2D eigenvalue weighted by Crippen LogP contribution is -2.36. The fourth-order valence-electron chi connectivity index (χ4n) is 7.50. The van der Waals surface area contributed by atoms with E-state index in [9.17, 15) is 14.7 Å². The number of carbonyl (C=O) groups excluding carboxylic acids is 2. The summed E-state index contributed by atoms with van der Waals surface area (Å²) in [5, 5.41) is 10.1. The number of allylic oxidation sites excluding steroid dienone is 1. The number of cyclic esters (lactones) is 1. The van der Waals surface area contributed by atoms with E-state index in [4.69, 9.17) is 33.2 Å². The van der Waals surface area contributed by atoms with Crippen LogP contribution in [0.15, 0.2) is 36.4 Å². The molecule has 5 atom stereocenters. The van der Waals surface area contributed by atoms with Crippen molar-refractivity contribution in [2.45, 2.75) is 109 Å². The van der Waals surface area contributed by atoms with Crippen molar-refractivity contribution in [3.05, 3.63) is 53.1 Å². The lowest BCUT2D eigenvalue weighted by Gasteiger charge is -2.38. The Labute approximate surface area is 296 Å². The van der Waals surface area contributed by atoms with Gasteiger partial charge in [-0.15, -0.1) is 0 Å². The van der Waals surface area contributed by atoms with Gasteiger partial charge in [-0.05, 0) is 67.5 Å². The first-order valence-corrected chi connectivity index (χ1v) is 18.3. The predicted molar refractivity (Wildman–Crippen MR) is 188 cm³/mol. The van der Waals surface area contributed by atoms with E-state index in [2.05, 4.69) is 19.1 Å². The summed E-state index contributed by atoms with van der Waals surface area (Å²) in [6.07, 6.45) is 15.9. The third kappa shape index (κ3) is 8.86. The minimum atomic E-state index is -0.677. The van der Waals surface area contributed by atoms with Crippen molar-refractivity contribution in [3.8, 4) is 28.7 Å². The molecule has 1 saturated heterocycles. The molecule has 0 amide bonds. The van der Waals surface area contributed by atoms with Crippen LogP contribution in [-0.4, -0.2) is 57.9 Å². The van der Waals surface area contributed by atoms with Gasteiger partial charge in [0.1, 0.15) is 6.10 Å². The van der Waals surface area contributed by atoms with Gasteiger partial charge in [-0.3, -0.25) is 9.59 Å². The van der Waals surface area contributed by atoms with Gasteiger partial charge in [-0.25, -0.2) is 0 Å². The van der Waals surface area contributed by atoms with Gasteiger partial charge in [0.25, 0.3) is 0 Å². The van der Waals surface area contributed by atoms with Gasteiger partial charge < -0.3 is 38.3 Å². The number of aliphatic hydroxyl groups excluding tert-OH is 1. The lowest BCUT2D eigenvalue weighted by molar-refractivity contribution is -0.154. The van der Waals surface area contributed by atoms with Crippen molar-refractivity contribution in [2.24, 2.45) is 11.8 Å². The Bertz CT molecular complexity index is 1440. The molecule has 0 spiro atoms. The monoisotopic (exact) mass is 694 g/mol. The molecule has 0 saturated carbocycles. The molecule has 3 aliphatic rings. The quantitative estimate of drug-likeness (QED) is 0.0831. The number of ether oxygens (including phenoxy) is 7. The molecular weight excluding hydrogens is 640 g/mol. The third-order valence-electron chi connectivity index (χ3n) is 10.1. The SMILES string of the molecule is CCCCCCC(O)C/C=C\CCCCCCCC(=O)O[C@H]1c2cc3c(cc2[C@@H](c2cc(OC)c(OC)c(OC)c2)[C@H]2C(=O)OC[C@@H]21)OCO3. The van der Waals surface area contributed by atoms with Gasteiger partial charge in [0, 0.05) is 23.8 Å². The van der Waals surface area contributed by atoms with Crippen LogP contribution < -0.4 is 23.7 Å². The highest BCUT2D eigenvalue weighted by atomic mass is 16.7. The average Bonchev–Trinajstić information content (AvgIpc) is 3.75. The van der Waals surface area contributed by atoms with E-state index in [1.165, 1.54) is 19.3 Å². The summed E-state index contributed by atoms with van der Waals surface area (Å²) in [6, 6.07) is 7.47. The van der Waals surface area contributed by atoms with Gasteiger partial charge in [0.2, 0.25) is 12.5 Å². The highest BCUT2D eigenvalue weighted by Crippen LogP contribution is 2.56. The maximum Gasteiger partial charge on any atom is 0.310 e. The first-order chi connectivity index (χ1) is 24.4. The molecule has 0 aromatic heterocycles. The first-order valence-electron chi connectivity index (χ1n) is 18.3. The number of methoxy groups -OCH3 is 3. The summed E-state index contributed by atoms with van der Waals surface area (Å²) >= 11 is 0. The van der Waals surface area contributed by atoms with Gasteiger partial charge in [0.15, 0.2) is 23.0 Å². The third-order valence-corrected chi connectivity index (χ3v) is 10.1. The van der Waals surface area contributed by atoms with E-state index < -0.39 is 23.9 Å². The van der Waals surface area contributed by atoms with E-state index >= 15 is 0 Å². The molecule has 1 N–H and O–H groups in total. The molecule has 274 valence electrons. The number of hydrogen-bond acceptors (Lipinski definition) is 10. The summed E-state index contributed by atoms with van der Waals surface area (Å²) in [5.41, 5.74) is 2.36. The molecule has 50 heavy (non-hydrogen) atoms. The highest BCUT2D eigenvalue weighted by molar-refractivity contribution is 5.79. The number of aliphatic hydroxyl groups is 1. The van der Waals surface area contributed by atoms with Crippen LogP contribution in [0.5, 0.6) is 28.7 Å². The molecule has 2 aromatic carbocycles. The highest BCUT2D eigenvalue weighted by Gasteiger charge is 2.54. The van der Waals surface area contributed by atoms with Crippen LogP contribution in [-0.2, 0) is 19.1 Å². The van der Waals surface area contributed by atoms with Crippen molar-refractivity contribution in [1.29, 1.82) is 0 Å². The Balaban J connectivity index is 1.19. The number of unbranched alkanes of at least 4 members (excludes halogenated alkanes) is 8. The first kappa shape index (κ1) is 37.3. The Hall–Kier alpha value is -3.92. The van der Waals surface area contributed by atoms with Crippen molar-refractivity contribution >= 4 is 11.9 Å². The van der Waals surface area contributed by atoms with E-state index in [1.807, 2.05) is 24.3 Å². The molecule has 10 nitrogen and oxygen atoms in total. The fraction of sp³-hybridized carbons (Fsp3) is 0.600. The number of carbonyl (C=O) groups is 2. The summed E-state index contributed by atoms with van der Waals surface area (Å²) in [6.45, 7) is 2.43. The zero-order chi connectivity index (χ0) is 35.5. The average molecular weight is 695 g/mol. The normalized spacial score (nSPS) is 21.0. The number of esters is 2. The number of fused-ring (bicyclic) bond motifs is 3. The molecule has 1 aliphatic carbocycles. The summed E-state index contributed by atoms with van der Waals surface area (Å²) in [7, 11) is 4.65. The van der Waals surface area contributed by atoms with E-state index in [0.29, 0.717) is 35.2 Å². The molecule has 0 radical (unpaired) electrons. The van der Waals surface area contributed by atoms with Crippen LogP contribution in [0.3, 0.4) is 0 Å².